The molecular weight excluding hydrogens is 564 g/mol. The van der Waals surface area contributed by atoms with Crippen LogP contribution in [0, 0.1) is 0 Å². The van der Waals surface area contributed by atoms with E-state index in [1.165, 1.54) is 64.2 Å². The minimum atomic E-state index is -0.132. The fourth-order valence-corrected chi connectivity index (χ4v) is 6.17. The van der Waals surface area contributed by atoms with Gasteiger partial charge in [0, 0.05) is 5.56 Å². The first-order valence-corrected chi connectivity index (χ1v) is 16.5. The first-order valence-electron chi connectivity index (χ1n) is 15.7. The van der Waals surface area contributed by atoms with Crippen molar-refractivity contribution < 1.29 is 31.3 Å². The van der Waals surface area contributed by atoms with Crippen molar-refractivity contribution in [1.82, 2.24) is 0 Å². The summed E-state index contributed by atoms with van der Waals surface area (Å²) >= 11 is 1.66. The van der Waals surface area contributed by atoms with Crippen molar-refractivity contribution in [2.24, 2.45) is 0 Å². The maximum Gasteiger partial charge on any atom is 0.271 e. The summed E-state index contributed by atoms with van der Waals surface area (Å²) in [6, 6.07) is 13.4. The molecule has 230 valence electrons. The number of aryl methyl sites for hydroxylation is 1. The normalized spacial score (nSPS) is 10.7. The van der Waals surface area contributed by atoms with E-state index in [9.17, 15) is 9.59 Å². The van der Waals surface area contributed by atoms with Crippen LogP contribution >= 0.6 is 11.3 Å². The van der Waals surface area contributed by atoms with Gasteiger partial charge < -0.3 is 22.5 Å². The summed E-state index contributed by atoms with van der Waals surface area (Å²) in [4.78, 5) is 25.6. The van der Waals surface area contributed by atoms with Crippen molar-refractivity contribution in [2.75, 3.05) is 11.9 Å². The molecule has 3 rings (SSSR count). The minimum Gasteiger partial charge on any atom is -1.00 e. The highest BCUT2D eigenvalue weighted by atomic mass is 35.5. The second-order valence-corrected chi connectivity index (χ2v) is 11.7. The molecule has 0 fully saturated rings. The lowest BCUT2D eigenvalue weighted by Crippen LogP contribution is -3.00. The zero-order valence-corrected chi connectivity index (χ0v) is 27.3. The van der Waals surface area contributed by atoms with Gasteiger partial charge in [0.05, 0.1) is 35.2 Å². The quantitative estimate of drug-likeness (QED) is 0.0940. The van der Waals surface area contributed by atoms with E-state index >= 15 is 0 Å². The van der Waals surface area contributed by atoms with Gasteiger partial charge in [-0.1, -0.05) is 113 Å². The third-order valence-corrected chi connectivity index (χ3v) is 8.46. The Bertz CT molecular complexity index is 1230. The number of ketones is 1. The SMILES string of the molecule is CCCCCCCCCCCCCCOc1c(CC(=O)Nc2ccccc2-c2scc[n+]2CC)cccc1C(C)=O.[Cl-]. The van der Waals surface area contributed by atoms with Crippen molar-refractivity contribution in [3.63, 3.8) is 0 Å². The van der Waals surface area contributed by atoms with E-state index in [1.54, 1.807) is 24.3 Å². The number of unbranched alkanes of at least 4 members (excludes halogenated alkanes) is 11. The van der Waals surface area contributed by atoms with Gasteiger partial charge in [-0.15, -0.1) is 0 Å². The van der Waals surface area contributed by atoms with Crippen LogP contribution in [-0.4, -0.2) is 18.3 Å². The highest BCUT2D eigenvalue weighted by Gasteiger charge is 2.20. The second kappa shape index (κ2) is 20.2. The number of amides is 1. The minimum absolute atomic E-state index is 0. The molecule has 1 heterocycles. The van der Waals surface area contributed by atoms with E-state index in [0.717, 1.165) is 41.2 Å². The molecule has 1 aromatic heterocycles. The predicted octanol–water partition coefficient (Wildman–Crippen LogP) is 6.19. The number of nitrogens with zero attached hydrogens (tertiary/aromatic N) is 1. The van der Waals surface area contributed by atoms with E-state index in [-0.39, 0.29) is 30.5 Å². The molecular formula is C35H49ClN2O3S. The van der Waals surface area contributed by atoms with Gasteiger partial charge in [-0.2, -0.15) is 4.57 Å². The van der Waals surface area contributed by atoms with Crippen LogP contribution in [0.5, 0.6) is 5.75 Å². The molecule has 0 saturated heterocycles. The predicted molar refractivity (Wildman–Crippen MR) is 171 cm³/mol. The van der Waals surface area contributed by atoms with Crippen LogP contribution in [0.2, 0.25) is 0 Å². The molecule has 0 aliphatic heterocycles. The number of aromatic nitrogens is 1. The number of benzene rings is 2. The largest absolute Gasteiger partial charge is 1.00 e. The fourth-order valence-electron chi connectivity index (χ4n) is 5.21. The Balaban J connectivity index is 0.00000616. The molecule has 0 aliphatic carbocycles. The van der Waals surface area contributed by atoms with Gasteiger partial charge in [0.2, 0.25) is 5.91 Å². The zero-order chi connectivity index (χ0) is 29.3. The first kappa shape index (κ1) is 35.5. The number of Topliss-reactive ketones (excluding diaryl/α,β-unsaturated/α-hetero) is 1. The maximum absolute atomic E-state index is 13.2. The number of hydrogen-bond acceptors (Lipinski definition) is 4. The number of para-hydroxylation sites is 2. The van der Waals surface area contributed by atoms with E-state index < -0.39 is 0 Å². The Morgan fingerprint density at radius 1 is 0.833 bits per heavy atom. The lowest BCUT2D eigenvalue weighted by molar-refractivity contribution is -0.678. The molecule has 0 spiro atoms. The molecule has 1 N–H and O–H groups in total. The van der Waals surface area contributed by atoms with Crippen molar-refractivity contribution in [2.45, 2.75) is 111 Å². The van der Waals surface area contributed by atoms with Gasteiger partial charge in [-0.3, -0.25) is 9.59 Å². The van der Waals surface area contributed by atoms with Crippen molar-refractivity contribution in [1.29, 1.82) is 0 Å². The van der Waals surface area contributed by atoms with E-state index in [2.05, 4.69) is 35.3 Å². The Morgan fingerprint density at radius 3 is 2.12 bits per heavy atom. The fraction of sp³-hybridized carbons (Fsp3) is 0.514. The summed E-state index contributed by atoms with van der Waals surface area (Å²) < 4.78 is 8.36. The molecule has 0 radical (unpaired) electrons. The van der Waals surface area contributed by atoms with Crippen LogP contribution in [0.1, 0.15) is 114 Å². The Morgan fingerprint density at radius 2 is 1.48 bits per heavy atom. The Labute approximate surface area is 263 Å². The van der Waals surface area contributed by atoms with Gasteiger partial charge in [0.1, 0.15) is 12.3 Å². The number of carbonyl (C=O) groups excluding carboxylic acids is 2. The molecule has 3 aromatic rings. The Kier molecular flexibility index (Phi) is 17.1. The number of carbonyl (C=O) groups is 2. The number of rotatable bonds is 20. The summed E-state index contributed by atoms with van der Waals surface area (Å²) in [7, 11) is 0. The van der Waals surface area contributed by atoms with E-state index in [0.29, 0.717) is 17.9 Å². The average Bonchev–Trinajstić information content (AvgIpc) is 3.45. The van der Waals surface area contributed by atoms with Crippen LogP contribution in [0.4, 0.5) is 5.69 Å². The average molecular weight is 613 g/mol. The number of thiazole rings is 1. The highest BCUT2D eigenvalue weighted by molar-refractivity contribution is 7.12. The maximum atomic E-state index is 13.2. The number of halogens is 1. The topological polar surface area (TPSA) is 59.3 Å². The van der Waals surface area contributed by atoms with Gasteiger partial charge in [-0.05, 0) is 38.5 Å². The molecule has 0 atom stereocenters. The molecule has 7 heteroatoms. The van der Waals surface area contributed by atoms with Gasteiger partial charge in [-0.25, -0.2) is 0 Å². The van der Waals surface area contributed by atoms with Crippen molar-refractivity contribution in [3.8, 4) is 16.3 Å². The lowest BCUT2D eigenvalue weighted by Gasteiger charge is -2.15. The van der Waals surface area contributed by atoms with Gasteiger partial charge in [0.15, 0.2) is 12.0 Å². The highest BCUT2D eigenvalue weighted by Crippen LogP contribution is 2.30. The summed E-state index contributed by atoms with van der Waals surface area (Å²) in [6.07, 6.45) is 17.6. The summed E-state index contributed by atoms with van der Waals surface area (Å²) in [5, 5.41) is 6.27. The van der Waals surface area contributed by atoms with Crippen LogP contribution < -0.4 is 27.0 Å². The van der Waals surface area contributed by atoms with E-state index in [1.807, 2.05) is 36.4 Å². The third-order valence-electron chi connectivity index (χ3n) is 7.52. The number of hydrogen-bond donors (Lipinski definition) is 1. The van der Waals surface area contributed by atoms with Gasteiger partial charge in [0.25, 0.3) is 5.01 Å². The molecule has 2 aromatic carbocycles. The van der Waals surface area contributed by atoms with Crippen molar-refractivity contribution in [3.05, 3.63) is 65.2 Å². The monoisotopic (exact) mass is 612 g/mol. The molecule has 0 bridgehead atoms. The molecule has 42 heavy (non-hydrogen) atoms. The molecule has 0 unspecified atom stereocenters. The molecule has 0 saturated carbocycles. The molecule has 1 amide bonds. The van der Waals surface area contributed by atoms with Crippen molar-refractivity contribution >= 4 is 28.7 Å². The molecule has 0 aliphatic rings. The first-order chi connectivity index (χ1) is 20.0. The standard InChI is InChI=1S/C35H48N2O3S.ClH/c1-4-6-7-8-9-10-11-12-13-14-15-18-25-40-34-29(20-19-22-30(34)28(3)38)27-33(39)36-32-23-17-16-21-31(32)35-37(5-2)24-26-41-35;/h16-17,19-24,26H,4-15,18,25,27H2,1-3H3;1H. The lowest BCUT2D eigenvalue weighted by atomic mass is 10.0. The number of nitrogens with one attached hydrogen (secondary N) is 1. The van der Waals surface area contributed by atoms with E-state index in [4.69, 9.17) is 4.74 Å². The summed E-state index contributed by atoms with van der Waals surface area (Å²) in [5.74, 6) is 0.366. The number of anilines is 1. The Hall–Kier alpha value is -2.70. The van der Waals surface area contributed by atoms with Gasteiger partial charge >= 0.3 is 0 Å². The molecule has 5 nitrogen and oxygen atoms in total. The second-order valence-electron chi connectivity index (χ2n) is 10.9. The zero-order valence-electron chi connectivity index (χ0n) is 25.8. The van der Waals surface area contributed by atoms with Crippen LogP contribution in [0.3, 0.4) is 0 Å². The van der Waals surface area contributed by atoms with Crippen LogP contribution in [-0.2, 0) is 17.8 Å². The smallest absolute Gasteiger partial charge is 0.271 e. The summed E-state index contributed by atoms with van der Waals surface area (Å²) in [6.45, 7) is 7.34. The van der Waals surface area contributed by atoms with Crippen LogP contribution in [0.25, 0.3) is 10.6 Å². The number of ether oxygens (including phenoxy) is 1. The van der Waals surface area contributed by atoms with Crippen LogP contribution in [0.15, 0.2) is 54.0 Å². The third kappa shape index (κ3) is 11.5. The summed E-state index contributed by atoms with van der Waals surface area (Å²) in [5.41, 5.74) is 3.06.